The normalized spacial score (nSPS) is 17.4. The molecule has 38 heavy (non-hydrogen) atoms. The Morgan fingerprint density at radius 3 is 2.39 bits per heavy atom. The zero-order valence-electron chi connectivity index (χ0n) is 21.5. The van der Waals surface area contributed by atoms with Crippen molar-refractivity contribution < 1.29 is 14.4 Å². The highest BCUT2D eigenvalue weighted by molar-refractivity contribution is 6.13. The number of amides is 3. The number of fused-ring (bicyclic) bond motifs is 1. The first-order valence-electron chi connectivity index (χ1n) is 13.4. The highest BCUT2D eigenvalue weighted by Gasteiger charge is 2.40. The summed E-state index contributed by atoms with van der Waals surface area (Å²) in [4.78, 5) is 41.9. The first-order valence-corrected chi connectivity index (χ1v) is 13.4. The van der Waals surface area contributed by atoms with E-state index in [1.54, 1.807) is 23.1 Å². The van der Waals surface area contributed by atoms with Crippen LogP contribution in [0.4, 0.5) is 11.4 Å². The number of nitrogens with one attached hydrogen (secondary N) is 2. The maximum atomic E-state index is 13.9. The Morgan fingerprint density at radius 1 is 0.895 bits per heavy atom. The molecule has 196 valence electrons. The molecule has 1 heterocycles. The molecule has 0 saturated heterocycles. The van der Waals surface area contributed by atoms with Crippen molar-refractivity contribution in [3.8, 4) is 0 Å². The van der Waals surface area contributed by atoms with Crippen LogP contribution in [0.5, 0.6) is 0 Å². The Hall–Kier alpha value is -3.97. The zero-order chi connectivity index (χ0) is 26.5. The van der Waals surface area contributed by atoms with E-state index >= 15 is 0 Å². The van der Waals surface area contributed by atoms with Crippen LogP contribution in [0.1, 0.15) is 59.2 Å². The molecule has 1 unspecified atom stereocenters. The lowest BCUT2D eigenvalue weighted by Crippen LogP contribution is -2.54. The summed E-state index contributed by atoms with van der Waals surface area (Å²) >= 11 is 0. The van der Waals surface area contributed by atoms with Gasteiger partial charge in [0.1, 0.15) is 6.04 Å². The minimum absolute atomic E-state index is 0.00119. The van der Waals surface area contributed by atoms with E-state index in [0.29, 0.717) is 36.4 Å². The fraction of sp³-hybridized carbons (Fsp3) is 0.323. The molecule has 7 nitrogen and oxygen atoms in total. The van der Waals surface area contributed by atoms with Gasteiger partial charge >= 0.3 is 0 Å². The third kappa shape index (κ3) is 5.63. The lowest BCUT2D eigenvalue weighted by Gasteiger charge is -2.39. The summed E-state index contributed by atoms with van der Waals surface area (Å²) < 4.78 is 0. The molecule has 1 saturated carbocycles. The van der Waals surface area contributed by atoms with E-state index in [9.17, 15) is 14.4 Å². The van der Waals surface area contributed by atoms with Crippen LogP contribution in [-0.4, -0.2) is 23.8 Å². The van der Waals surface area contributed by atoms with Gasteiger partial charge in [-0.25, -0.2) is 0 Å². The van der Waals surface area contributed by atoms with Crippen molar-refractivity contribution in [2.75, 3.05) is 10.2 Å². The van der Waals surface area contributed by atoms with Gasteiger partial charge in [0.05, 0.1) is 11.4 Å². The molecule has 0 aromatic heterocycles. The van der Waals surface area contributed by atoms with Crippen molar-refractivity contribution in [2.45, 2.75) is 57.7 Å². The monoisotopic (exact) mass is 510 g/mol. The predicted octanol–water partition coefficient (Wildman–Crippen LogP) is 4.55. The van der Waals surface area contributed by atoms with Crippen molar-refractivity contribution in [3.63, 3.8) is 0 Å². The maximum absolute atomic E-state index is 13.9. The zero-order valence-corrected chi connectivity index (χ0v) is 21.5. The summed E-state index contributed by atoms with van der Waals surface area (Å²) in [6.45, 7) is 0.801. The van der Waals surface area contributed by atoms with Crippen LogP contribution in [0, 0.1) is 5.92 Å². The summed E-state index contributed by atoms with van der Waals surface area (Å²) in [5, 5.41) is 5.91. The van der Waals surface area contributed by atoms with Gasteiger partial charge in [-0.1, -0.05) is 73.9 Å². The van der Waals surface area contributed by atoms with Crippen molar-refractivity contribution >= 4 is 29.1 Å². The fourth-order valence-corrected chi connectivity index (χ4v) is 5.48. The first-order chi connectivity index (χ1) is 18.5. The number of carbonyl (C=O) groups is 3. The topological polar surface area (TPSA) is 105 Å². The molecule has 7 heteroatoms. The Balaban J connectivity index is 1.40. The van der Waals surface area contributed by atoms with E-state index in [1.165, 1.54) is 0 Å². The van der Waals surface area contributed by atoms with E-state index in [-0.39, 0.29) is 23.6 Å². The fourth-order valence-electron chi connectivity index (χ4n) is 5.48. The van der Waals surface area contributed by atoms with Crippen LogP contribution in [0.3, 0.4) is 0 Å². The maximum Gasteiger partial charge on any atom is 0.251 e. The van der Waals surface area contributed by atoms with Gasteiger partial charge in [0, 0.05) is 31.0 Å². The molecule has 1 fully saturated rings. The average molecular weight is 511 g/mol. The van der Waals surface area contributed by atoms with Gasteiger partial charge < -0.3 is 16.4 Å². The molecule has 0 radical (unpaired) electrons. The summed E-state index contributed by atoms with van der Waals surface area (Å²) in [5.41, 5.74) is 10.2. The van der Waals surface area contributed by atoms with E-state index in [0.717, 1.165) is 48.8 Å². The van der Waals surface area contributed by atoms with Gasteiger partial charge in [0.25, 0.3) is 5.91 Å². The van der Waals surface area contributed by atoms with Crippen LogP contribution in [0.25, 0.3) is 0 Å². The SMILES string of the molecule is NCc1cccc(CNC(=O)c2ccc3c(c2)NC(=O)C(Cc2ccccc2)N3C(=O)C2CCCCC2)c1. The number of nitrogens with two attached hydrogens (primary N) is 1. The first kappa shape index (κ1) is 25.7. The second-order valence-electron chi connectivity index (χ2n) is 10.2. The van der Waals surface area contributed by atoms with Crippen LogP contribution < -0.4 is 21.3 Å². The van der Waals surface area contributed by atoms with Crippen molar-refractivity contribution in [1.29, 1.82) is 0 Å². The van der Waals surface area contributed by atoms with Gasteiger partial charge in [-0.15, -0.1) is 0 Å². The van der Waals surface area contributed by atoms with Gasteiger partial charge in [0.15, 0.2) is 0 Å². The summed E-state index contributed by atoms with van der Waals surface area (Å²) in [6.07, 6.45) is 5.31. The van der Waals surface area contributed by atoms with E-state index in [1.807, 2.05) is 54.6 Å². The lowest BCUT2D eigenvalue weighted by atomic mass is 9.87. The number of anilines is 2. The quantitative estimate of drug-likeness (QED) is 0.434. The molecular weight excluding hydrogens is 476 g/mol. The highest BCUT2D eigenvalue weighted by Crippen LogP contribution is 2.37. The Bertz CT molecular complexity index is 1320. The number of hydrogen-bond acceptors (Lipinski definition) is 4. The molecule has 1 atom stereocenters. The Kier molecular flexibility index (Phi) is 7.84. The van der Waals surface area contributed by atoms with Crippen molar-refractivity contribution in [1.82, 2.24) is 5.32 Å². The predicted molar refractivity (Wildman–Crippen MR) is 149 cm³/mol. The van der Waals surface area contributed by atoms with Crippen molar-refractivity contribution in [2.24, 2.45) is 11.7 Å². The number of rotatable bonds is 7. The van der Waals surface area contributed by atoms with E-state index in [2.05, 4.69) is 10.6 Å². The average Bonchev–Trinajstić information content (AvgIpc) is 2.96. The smallest absolute Gasteiger partial charge is 0.251 e. The minimum atomic E-state index is -0.645. The van der Waals surface area contributed by atoms with Gasteiger partial charge in [-0.2, -0.15) is 0 Å². The summed E-state index contributed by atoms with van der Waals surface area (Å²) in [5.74, 6) is -0.579. The molecule has 0 spiro atoms. The Labute approximate surface area is 223 Å². The molecule has 3 amide bonds. The van der Waals surface area contributed by atoms with Crippen LogP contribution >= 0.6 is 0 Å². The summed E-state index contributed by atoms with van der Waals surface area (Å²) in [6, 6.07) is 22.1. The van der Waals surface area contributed by atoms with Crippen LogP contribution in [0.2, 0.25) is 0 Å². The molecule has 1 aliphatic heterocycles. The second-order valence-corrected chi connectivity index (χ2v) is 10.2. The third-order valence-corrected chi connectivity index (χ3v) is 7.53. The van der Waals surface area contributed by atoms with Crippen LogP contribution in [-0.2, 0) is 29.1 Å². The van der Waals surface area contributed by atoms with E-state index in [4.69, 9.17) is 5.73 Å². The number of carbonyl (C=O) groups excluding carboxylic acids is 3. The molecule has 3 aromatic carbocycles. The van der Waals surface area contributed by atoms with Crippen LogP contribution in [0.15, 0.2) is 72.8 Å². The van der Waals surface area contributed by atoms with Gasteiger partial charge in [0.2, 0.25) is 11.8 Å². The molecule has 5 rings (SSSR count). The number of hydrogen-bond donors (Lipinski definition) is 3. The van der Waals surface area contributed by atoms with E-state index < -0.39 is 6.04 Å². The molecule has 2 aliphatic rings. The molecule has 4 N–H and O–H groups in total. The molecule has 3 aromatic rings. The summed E-state index contributed by atoms with van der Waals surface area (Å²) in [7, 11) is 0. The van der Waals surface area contributed by atoms with Crippen molar-refractivity contribution in [3.05, 3.63) is 95.1 Å². The molecular formula is C31H34N4O3. The lowest BCUT2D eigenvalue weighted by molar-refractivity contribution is -0.127. The number of benzene rings is 3. The second kappa shape index (κ2) is 11.6. The number of nitrogens with zero attached hydrogens (tertiary/aromatic N) is 1. The Morgan fingerprint density at radius 2 is 1.63 bits per heavy atom. The molecule has 0 bridgehead atoms. The molecule has 1 aliphatic carbocycles. The van der Waals surface area contributed by atoms with Gasteiger partial charge in [-0.05, 0) is 47.7 Å². The minimum Gasteiger partial charge on any atom is -0.348 e. The largest absolute Gasteiger partial charge is 0.348 e. The standard InChI is InChI=1S/C31H34N4O3/c32-19-22-10-7-11-23(16-22)20-33-29(36)25-14-15-27-26(18-25)34-30(37)28(17-21-8-3-1-4-9-21)35(27)31(38)24-12-5-2-6-13-24/h1,3-4,7-11,14-16,18,24,28H,2,5-6,12-13,17,19-20,32H2,(H,33,36)(H,34,37). The third-order valence-electron chi connectivity index (χ3n) is 7.53. The highest BCUT2D eigenvalue weighted by atomic mass is 16.2. The van der Waals surface area contributed by atoms with Gasteiger partial charge in [-0.3, -0.25) is 19.3 Å².